The van der Waals surface area contributed by atoms with Crippen molar-refractivity contribution in [2.75, 3.05) is 13.2 Å². The van der Waals surface area contributed by atoms with E-state index in [1.165, 1.54) is 15.3 Å². The molecule has 5 nitrogen and oxygen atoms in total. The third-order valence-corrected chi connectivity index (χ3v) is 7.12. The number of nitrogens with zero attached hydrogens (tertiary/aromatic N) is 2. The molecule has 2 aliphatic heterocycles. The van der Waals surface area contributed by atoms with Crippen molar-refractivity contribution in [3.05, 3.63) is 21.9 Å². The maximum atomic E-state index is 13.1. The van der Waals surface area contributed by atoms with Crippen molar-refractivity contribution < 1.29 is 9.59 Å². The summed E-state index contributed by atoms with van der Waals surface area (Å²) in [6.07, 6.45) is 7.97. The number of carbonyl (C=O) groups excluding carboxylic acids is 2. The van der Waals surface area contributed by atoms with E-state index in [4.69, 9.17) is 0 Å². The van der Waals surface area contributed by atoms with Gasteiger partial charge in [0.2, 0.25) is 0 Å². The first-order valence-electron chi connectivity index (χ1n) is 9.59. The van der Waals surface area contributed by atoms with Crippen molar-refractivity contribution >= 4 is 23.3 Å². The lowest BCUT2D eigenvalue weighted by Gasteiger charge is -2.37. The molecule has 1 atom stereocenters. The maximum Gasteiger partial charge on any atom is 0.326 e. The number of hydrogen-bond donors (Lipinski definition) is 1. The Balaban J connectivity index is 1.52. The van der Waals surface area contributed by atoms with E-state index >= 15 is 0 Å². The van der Waals surface area contributed by atoms with E-state index in [0.29, 0.717) is 12.7 Å². The highest BCUT2D eigenvalue weighted by atomic mass is 32.1. The Labute approximate surface area is 153 Å². The monoisotopic (exact) mass is 361 g/mol. The van der Waals surface area contributed by atoms with Gasteiger partial charge in [-0.1, -0.05) is 32.6 Å². The summed E-state index contributed by atoms with van der Waals surface area (Å²) in [5.74, 6) is 0.00497. The fourth-order valence-electron chi connectivity index (χ4n) is 4.75. The lowest BCUT2D eigenvalue weighted by Crippen LogP contribution is -2.48. The Morgan fingerprint density at radius 2 is 2.00 bits per heavy atom. The molecule has 4 rings (SSSR count). The number of urea groups is 1. The minimum Gasteiger partial charge on any atom is -0.323 e. The van der Waals surface area contributed by atoms with E-state index in [9.17, 15) is 9.59 Å². The number of imide groups is 1. The van der Waals surface area contributed by atoms with Crippen LogP contribution in [0.2, 0.25) is 0 Å². The number of fused-ring (bicyclic) bond motifs is 1. The van der Waals surface area contributed by atoms with Gasteiger partial charge in [-0.15, -0.1) is 11.3 Å². The Morgan fingerprint density at radius 3 is 2.72 bits per heavy atom. The zero-order chi connectivity index (χ0) is 17.4. The van der Waals surface area contributed by atoms with Gasteiger partial charge >= 0.3 is 6.03 Å². The van der Waals surface area contributed by atoms with Crippen molar-refractivity contribution in [2.45, 2.75) is 69.9 Å². The van der Waals surface area contributed by atoms with Gasteiger partial charge in [0.15, 0.2) is 0 Å². The molecule has 0 unspecified atom stereocenters. The van der Waals surface area contributed by atoms with Crippen LogP contribution in [0.4, 0.5) is 4.79 Å². The zero-order valence-electron chi connectivity index (χ0n) is 14.9. The normalized spacial score (nSPS) is 26.6. The van der Waals surface area contributed by atoms with Crippen molar-refractivity contribution in [3.63, 3.8) is 0 Å². The molecule has 25 heavy (non-hydrogen) atoms. The summed E-state index contributed by atoms with van der Waals surface area (Å²) in [7, 11) is 0. The Hall–Kier alpha value is -1.40. The Morgan fingerprint density at radius 1 is 1.24 bits per heavy atom. The molecular formula is C19H27N3O2S. The number of rotatable bonds is 3. The van der Waals surface area contributed by atoms with E-state index < -0.39 is 5.54 Å². The molecule has 0 radical (unpaired) electrons. The first kappa shape index (κ1) is 17.0. The minimum atomic E-state index is -0.626. The maximum absolute atomic E-state index is 13.1. The Bertz CT molecular complexity index is 663. The molecule has 136 valence electrons. The van der Waals surface area contributed by atoms with Crippen LogP contribution < -0.4 is 5.32 Å². The van der Waals surface area contributed by atoms with Gasteiger partial charge in [-0.3, -0.25) is 9.69 Å². The van der Waals surface area contributed by atoms with Crippen LogP contribution in [0.25, 0.3) is 0 Å². The summed E-state index contributed by atoms with van der Waals surface area (Å²) >= 11 is 1.82. The SMILES string of the molecule is CC[C@@H]1c2ccsc2CCN1CN1C(=O)NC2(CCCCCC2)C1=O. The van der Waals surface area contributed by atoms with E-state index in [2.05, 4.69) is 28.6 Å². The van der Waals surface area contributed by atoms with Gasteiger partial charge in [0, 0.05) is 17.5 Å². The number of amides is 3. The molecule has 0 bridgehead atoms. The number of thiophene rings is 1. The fraction of sp³-hybridized carbons (Fsp3) is 0.684. The molecule has 1 aromatic heterocycles. The van der Waals surface area contributed by atoms with E-state index in [0.717, 1.165) is 57.9 Å². The number of nitrogens with one attached hydrogen (secondary N) is 1. The highest BCUT2D eigenvalue weighted by molar-refractivity contribution is 7.10. The standard InChI is InChI=1S/C19H27N3O2S/c1-2-15-14-8-12-25-16(14)7-11-21(15)13-22-17(23)19(20-18(22)24)9-5-3-4-6-10-19/h8,12,15H,2-7,9-11,13H2,1H3,(H,20,24)/t15-/m1/s1. The second-order valence-corrected chi connectivity index (χ2v) is 8.59. The lowest BCUT2D eigenvalue weighted by atomic mass is 9.90. The first-order chi connectivity index (χ1) is 12.1. The van der Waals surface area contributed by atoms with Crippen LogP contribution >= 0.6 is 11.3 Å². The molecule has 2 fully saturated rings. The van der Waals surface area contributed by atoms with Crippen molar-refractivity contribution in [1.29, 1.82) is 0 Å². The fourth-order valence-corrected chi connectivity index (χ4v) is 5.68. The number of hydrogen-bond acceptors (Lipinski definition) is 4. The quantitative estimate of drug-likeness (QED) is 0.836. The molecule has 1 aliphatic carbocycles. The van der Waals surface area contributed by atoms with Crippen molar-refractivity contribution in [1.82, 2.24) is 15.1 Å². The summed E-state index contributed by atoms with van der Waals surface area (Å²) in [6, 6.07) is 2.32. The molecule has 1 N–H and O–H groups in total. The summed E-state index contributed by atoms with van der Waals surface area (Å²) in [5, 5.41) is 5.22. The van der Waals surface area contributed by atoms with Crippen LogP contribution in [-0.2, 0) is 11.2 Å². The highest BCUT2D eigenvalue weighted by Gasteiger charge is 2.51. The van der Waals surface area contributed by atoms with Gasteiger partial charge in [-0.2, -0.15) is 0 Å². The second kappa shape index (κ2) is 6.72. The third kappa shape index (κ3) is 2.89. The minimum absolute atomic E-state index is 0.00497. The van der Waals surface area contributed by atoms with E-state index in [-0.39, 0.29) is 11.9 Å². The van der Waals surface area contributed by atoms with Crippen molar-refractivity contribution in [2.24, 2.45) is 0 Å². The van der Waals surface area contributed by atoms with Crippen LogP contribution in [0.1, 0.15) is 68.4 Å². The topological polar surface area (TPSA) is 52.6 Å². The van der Waals surface area contributed by atoms with Crippen LogP contribution in [0.5, 0.6) is 0 Å². The van der Waals surface area contributed by atoms with Crippen LogP contribution in [-0.4, -0.2) is 40.5 Å². The summed E-state index contributed by atoms with van der Waals surface area (Å²) in [6.45, 7) is 3.51. The highest BCUT2D eigenvalue weighted by Crippen LogP contribution is 2.37. The third-order valence-electron chi connectivity index (χ3n) is 6.12. The molecule has 1 aromatic rings. The van der Waals surface area contributed by atoms with Gasteiger partial charge in [-0.25, -0.2) is 9.69 Å². The molecule has 1 spiro atoms. The van der Waals surface area contributed by atoms with Crippen molar-refractivity contribution in [3.8, 4) is 0 Å². The smallest absolute Gasteiger partial charge is 0.323 e. The van der Waals surface area contributed by atoms with Gasteiger partial charge in [0.25, 0.3) is 5.91 Å². The molecule has 3 heterocycles. The first-order valence-corrected chi connectivity index (χ1v) is 10.5. The van der Waals surface area contributed by atoms with Crippen LogP contribution in [0, 0.1) is 0 Å². The molecular weight excluding hydrogens is 334 g/mol. The Kier molecular flexibility index (Phi) is 4.58. The van der Waals surface area contributed by atoms with Gasteiger partial charge in [-0.05, 0) is 42.7 Å². The van der Waals surface area contributed by atoms with E-state index in [1.807, 2.05) is 11.3 Å². The van der Waals surface area contributed by atoms with Gasteiger partial charge < -0.3 is 5.32 Å². The lowest BCUT2D eigenvalue weighted by molar-refractivity contribution is -0.133. The predicted octanol–water partition coefficient (Wildman–Crippen LogP) is 3.66. The average Bonchev–Trinajstić information content (AvgIpc) is 3.07. The molecule has 1 saturated heterocycles. The summed E-state index contributed by atoms with van der Waals surface area (Å²) < 4.78 is 0. The second-order valence-electron chi connectivity index (χ2n) is 7.59. The molecule has 1 saturated carbocycles. The molecule has 3 aliphatic rings. The molecule has 3 amide bonds. The van der Waals surface area contributed by atoms with Crippen LogP contribution in [0.3, 0.4) is 0 Å². The molecule has 6 heteroatoms. The van der Waals surface area contributed by atoms with Gasteiger partial charge in [0.1, 0.15) is 5.54 Å². The van der Waals surface area contributed by atoms with Gasteiger partial charge in [0.05, 0.1) is 6.67 Å². The number of carbonyl (C=O) groups is 2. The summed E-state index contributed by atoms with van der Waals surface area (Å²) in [5.41, 5.74) is 0.758. The largest absolute Gasteiger partial charge is 0.326 e. The average molecular weight is 362 g/mol. The predicted molar refractivity (Wildman–Crippen MR) is 98.4 cm³/mol. The summed E-state index contributed by atoms with van der Waals surface area (Å²) in [4.78, 5) is 31.0. The zero-order valence-corrected chi connectivity index (χ0v) is 15.7. The van der Waals surface area contributed by atoms with Crippen LogP contribution in [0.15, 0.2) is 11.4 Å². The van der Waals surface area contributed by atoms with E-state index in [1.54, 1.807) is 0 Å². The molecule has 0 aromatic carbocycles.